The van der Waals surface area contributed by atoms with E-state index in [4.69, 9.17) is 9.47 Å². The Morgan fingerprint density at radius 3 is 2.78 bits per heavy atom. The largest absolute Gasteiger partial charge is 0.508 e. The quantitative estimate of drug-likeness (QED) is 0.818. The van der Waals surface area contributed by atoms with E-state index in [0.717, 1.165) is 16.8 Å². The number of ether oxygens (including phenoxy) is 2. The molecule has 0 fully saturated rings. The minimum absolute atomic E-state index is 0.152. The van der Waals surface area contributed by atoms with Crippen LogP contribution in [0.4, 0.5) is 0 Å². The van der Waals surface area contributed by atoms with E-state index in [1.165, 1.54) is 14.2 Å². The standard InChI is InChI=1S/C16H19N3O4/c1-9-13-14(18-17-9)16(21)19(8-12(22-2)23-3)15(13)10-5-4-6-11(20)7-10/h4-7,12,15,20H,8H2,1-3H3,(H,17,18). The third-order valence-electron chi connectivity index (χ3n) is 4.10. The number of carbonyl (C=O) groups is 1. The van der Waals surface area contributed by atoms with Gasteiger partial charge in [0.05, 0.1) is 12.6 Å². The summed E-state index contributed by atoms with van der Waals surface area (Å²) in [6.45, 7) is 2.14. The lowest BCUT2D eigenvalue weighted by atomic mass is 9.99. The second-order valence-electron chi connectivity index (χ2n) is 5.47. The first kappa shape index (κ1) is 15.5. The number of aryl methyl sites for hydroxylation is 1. The highest BCUT2D eigenvalue weighted by atomic mass is 16.7. The van der Waals surface area contributed by atoms with Gasteiger partial charge in [-0.3, -0.25) is 9.89 Å². The van der Waals surface area contributed by atoms with Gasteiger partial charge in [-0.2, -0.15) is 5.10 Å². The minimum atomic E-state index is -0.535. The van der Waals surface area contributed by atoms with E-state index in [9.17, 15) is 9.90 Å². The lowest BCUT2D eigenvalue weighted by molar-refractivity contribution is -0.113. The number of methoxy groups -OCH3 is 2. The van der Waals surface area contributed by atoms with Gasteiger partial charge >= 0.3 is 0 Å². The molecule has 2 N–H and O–H groups in total. The number of phenolic OH excluding ortho intramolecular Hbond substituents is 1. The highest BCUT2D eigenvalue weighted by Crippen LogP contribution is 2.40. The summed E-state index contributed by atoms with van der Waals surface area (Å²) in [7, 11) is 3.06. The van der Waals surface area contributed by atoms with Crippen LogP contribution in [0.5, 0.6) is 5.75 Å². The molecule has 0 bridgehead atoms. The minimum Gasteiger partial charge on any atom is -0.508 e. The average molecular weight is 317 g/mol. The number of nitrogens with zero attached hydrogens (tertiary/aromatic N) is 2. The van der Waals surface area contributed by atoms with Gasteiger partial charge in [0.1, 0.15) is 5.75 Å². The van der Waals surface area contributed by atoms with Crippen LogP contribution in [0.15, 0.2) is 24.3 Å². The number of aromatic nitrogens is 2. The van der Waals surface area contributed by atoms with E-state index >= 15 is 0 Å². The van der Waals surface area contributed by atoms with Crippen LogP contribution in [0.25, 0.3) is 0 Å². The number of hydrogen-bond donors (Lipinski definition) is 2. The molecule has 0 saturated heterocycles. The molecule has 0 radical (unpaired) electrons. The smallest absolute Gasteiger partial charge is 0.275 e. The zero-order valence-corrected chi connectivity index (χ0v) is 13.2. The first-order chi connectivity index (χ1) is 11.1. The topological polar surface area (TPSA) is 87.7 Å². The van der Waals surface area contributed by atoms with Crippen molar-refractivity contribution in [1.82, 2.24) is 15.1 Å². The Labute approximate surface area is 133 Å². The van der Waals surface area contributed by atoms with Crippen molar-refractivity contribution in [2.75, 3.05) is 20.8 Å². The lowest BCUT2D eigenvalue weighted by Crippen LogP contribution is -2.38. The van der Waals surface area contributed by atoms with E-state index in [0.29, 0.717) is 5.69 Å². The van der Waals surface area contributed by atoms with Crippen molar-refractivity contribution in [3.8, 4) is 5.75 Å². The van der Waals surface area contributed by atoms with Crippen LogP contribution in [-0.2, 0) is 9.47 Å². The SMILES string of the molecule is COC(CN1C(=O)c2n[nH]c(C)c2C1c1cccc(O)c1)OC. The Morgan fingerprint density at radius 1 is 1.39 bits per heavy atom. The summed E-state index contributed by atoms with van der Waals surface area (Å²) in [5, 5.41) is 16.8. The van der Waals surface area contributed by atoms with Crippen LogP contribution in [-0.4, -0.2) is 53.2 Å². The van der Waals surface area contributed by atoms with Gasteiger partial charge in [-0.1, -0.05) is 12.1 Å². The van der Waals surface area contributed by atoms with E-state index in [-0.39, 0.29) is 24.2 Å². The van der Waals surface area contributed by atoms with Gasteiger partial charge in [-0.15, -0.1) is 0 Å². The molecule has 23 heavy (non-hydrogen) atoms. The molecular weight excluding hydrogens is 298 g/mol. The van der Waals surface area contributed by atoms with Gasteiger partial charge in [-0.05, 0) is 24.6 Å². The van der Waals surface area contributed by atoms with Gasteiger partial charge in [-0.25, -0.2) is 0 Å². The number of aromatic hydroxyl groups is 1. The summed E-state index contributed by atoms with van der Waals surface area (Å²) >= 11 is 0. The second-order valence-corrected chi connectivity index (χ2v) is 5.47. The molecule has 2 aromatic rings. The molecular formula is C16H19N3O4. The predicted molar refractivity (Wildman–Crippen MR) is 82.1 cm³/mol. The summed E-state index contributed by atoms with van der Waals surface area (Å²) in [5.74, 6) is -0.0312. The molecule has 122 valence electrons. The Kier molecular flexibility index (Phi) is 4.06. The van der Waals surface area contributed by atoms with E-state index < -0.39 is 6.29 Å². The molecule has 1 amide bonds. The summed E-state index contributed by atoms with van der Waals surface area (Å²) in [6.07, 6.45) is -0.535. The molecule has 7 nitrogen and oxygen atoms in total. The molecule has 1 aromatic heterocycles. The summed E-state index contributed by atoms with van der Waals surface area (Å²) in [5.41, 5.74) is 2.87. The fourth-order valence-corrected chi connectivity index (χ4v) is 2.98. The lowest BCUT2D eigenvalue weighted by Gasteiger charge is -2.29. The van der Waals surface area contributed by atoms with E-state index in [2.05, 4.69) is 10.2 Å². The molecule has 2 heterocycles. The van der Waals surface area contributed by atoms with Crippen molar-refractivity contribution < 1.29 is 19.4 Å². The first-order valence-electron chi connectivity index (χ1n) is 7.27. The highest BCUT2D eigenvalue weighted by Gasteiger charge is 2.42. The average Bonchev–Trinajstić information content (AvgIpc) is 3.04. The van der Waals surface area contributed by atoms with Crippen molar-refractivity contribution >= 4 is 5.91 Å². The number of rotatable bonds is 5. The van der Waals surface area contributed by atoms with Crippen molar-refractivity contribution in [3.05, 3.63) is 46.8 Å². The number of nitrogens with one attached hydrogen (secondary N) is 1. The number of benzene rings is 1. The number of hydrogen-bond acceptors (Lipinski definition) is 5. The van der Waals surface area contributed by atoms with Crippen LogP contribution in [0.2, 0.25) is 0 Å². The van der Waals surface area contributed by atoms with Gasteiger partial charge < -0.3 is 19.5 Å². The van der Waals surface area contributed by atoms with Crippen LogP contribution in [0.3, 0.4) is 0 Å². The van der Waals surface area contributed by atoms with Crippen molar-refractivity contribution in [3.63, 3.8) is 0 Å². The number of carbonyl (C=O) groups excluding carboxylic acids is 1. The fraction of sp³-hybridized carbons (Fsp3) is 0.375. The summed E-state index contributed by atoms with van der Waals surface area (Å²) < 4.78 is 10.5. The zero-order valence-electron chi connectivity index (χ0n) is 13.2. The summed E-state index contributed by atoms with van der Waals surface area (Å²) in [6, 6.07) is 6.55. The molecule has 1 unspecified atom stereocenters. The number of fused-ring (bicyclic) bond motifs is 1. The Balaban J connectivity index is 2.06. The number of amides is 1. The maximum absolute atomic E-state index is 12.7. The monoisotopic (exact) mass is 317 g/mol. The predicted octanol–water partition coefficient (Wildman–Crippen LogP) is 1.59. The molecule has 1 aliphatic rings. The third kappa shape index (κ3) is 2.58. The van der Waals surface area contributed by atoms with Gasteiger partial charge in [0.25, 0.3) is 5.91 Å². The van der Waals surface area contributed by atoms with Gasteiger partial charge in [0.2, 0.25) is 0 Å². The van der Waals surface area contributed by atoms with Crippen molar-refractivity contribution in [2.45, 2.75) is 19.3 Å². The van der Waals surface area contributed by atoms with Crippen LogP contribution >= 0.6 is 0 Å². The number of phenols is 1. The highest BCUT2D eigenvalue weighted by molar-refractivity contribution is 5.98. The molecule has 3 rings (SSSR count). The van der Waals surface area contributed by atoms with Gasteiger partial charge in [0, 0.05) is 25.5 Å². The second kappa shape index (κ2) is 6.02. The normalized spacial score (nSPS) is 17.1. The first-order valence-corrected chi connectivity index (χ1v) is 7.27. The molecule has 1 aliphatic heterocycles. The van der Waals surface area contributed by atoms with Crippen LogP contribution in [0.1, 0.15) is 33.4 Å². The third-order valence-corrected chi connectivity index (χ3v) is 4.10. The molecule has 0 saturated carbocycles. The number of H-pyrrole nitrogens is 1. The van der Waals surface area contributed by atoms with Crippen molar-refractivity contribution in [1.29, 1.82) is 0 Å². The Bertz CT molecular complexity index is 724. The molecule has 1 atom stereocenters. The molecule has 7 heteroatoms. The Hall–Kier alpha value is -2.38. The van der Waals surface area contributed by atoms with E-state index in [1.807, 2.05) is 13.0 Å². The van der Waals surface area contributed by atoms with E-state index in [1.54, 1.807) is 23.1 Å². The maximum atomic E-state index is 12.7. The molecule has 0 aliphatic carbocycles. The fourth-order valence-electron chi connectivity index (χ4n) is 2.98. The molecule has 0 spiro atoms. The van der Waals surface area contributed by atoms with Gasteiger partial charge in [0.15, 0.2) is 12.0 Å². The van der Waals surface area contributed by atoms with Crippen LogP contribution < -0.4 is 0 Å². The summed E-state index contributed by atoms with van der Waals surface area (Å²) in [4.78, 5) is 14.4. The molecule has 1 aromatic carbocycles. The number of aromatic amines is 1. The Morgan fingerprint density at radius 2 is 2.13 bits per heavy atom. The maximum Gasteiger partial charge on any atom is 0.275 e. The zero-order chi connectivity index (χ0) is 16.6. The van der Waals surface area contributed by atoms with Crippen LogP contribution in [0, 0.1) is 6.92 Å². The van der Waals surface area contributed by atoms with Crippen molar-refractivity contribution in [2.24, 2.45) is 0 Å².